The highest BCUT2D eigenvalue weighted by Gasteiger charge is 2.12. The molecule has 1 heterocycles. The molecule has 5 nitrogen and oxygen atoms in total. The highest BCUT2D eigenvalue weighted by molar-refractivity contribution is 5.97. The Balaban J connectivity index is 2.12. The molecule has 0 aliphatic rings. The summed E-state index contributed by atoms with van der Waals surface area (Å²) < 4.78 is 0. The standard InChI is InChI=1S/C14H18N4O/c1-15-6-3-9-18(2)14(19)11-4-5-12-13(10-11)17-8-7-16-12/h4-5,7-8,10,15H,3,6,9H2,1-2H3. The number of carbonyl (C=O) groups is 1. The van der Waals surface area contributed by atoms with Gasteiger partial charge in [0.1, 0.15) is 0 Å². The number of nitrogens with zero attached hydrogens (tertiary/aromatic N) is 3. The number of aromatic nitrogens is 2. The Morgan fingerprint density at radius 2 is 2.00 bits per heavy atom. The molecule has 19 heavy (non-hydrogen) atoms. The van der Waals surface area contributed by atoms with Crippen LogP contribution in [0.3, 0.4) is 0 Å². The van der Waals surface area contributed by atoms with E-state index in [1.54, 1.807) is 29.4 Å². The fourth-order valence-electron chi connectivity index (χ4n) is 1.91. The lowest BCUT2D eigenvalue weighted by molar-refractivity contribution is 0.0794. The van der Waals surface area contributed by atoms with Crippen molar-refractivity contribution >= 4 is 16.9 Å². The van der Waals surface area contributed by atoms with Crippen molar-refractivity contribution in [3.05, 3.63) is 36.2 Å². The van der Waals surface area contributed by atoms with Crippen LogP contribution in [0.2, 0.25) is 0 Å². The zero-order valence-electron chi connectivity index (χ0n) is 11.3. The summed E-state index contributed by atoms with van der Waals surface area (Å²) >= 11 is 0. The quantitative estimate of drug-likeness (QED) is 0.822. The molecule has 0 spiro atoms. The maximum atomic E-state index is 12.2. The van der Waals surface area contributed by atoms with E-state index in [4.69, 9.17) is 0 Å². The highest BCUT2D eigenvalue weighted by atomic mass is 16.2. The van der Waals surface area contributed by atoms with Crippen LogP contribution in [0.25, 0.3) is 11.0 Å². The molecule has 1 aromatic carbocycles. The summed E-state index contributed by atoms with van der Waals surface area (Å²) in [6.07, 6.45) is 4.22. The molecule has 0 bridgehead atoms. The summed E-state index contributed by atoms with van der Waals surface area (Å²) in [6.45, 7) is 1.64. The SMILES string of the molecule is CNCCCN(C)C(=O)c1ccc2nccnc2c1. The smallest absolute Gasteiger partial charge is 0.253 e. The summed E-state index contributed by atoms with van der Waals surface area (Å²) in [6, 6.07) is 5.42. The first-order valence-electron chi connectivity index (χ1n) is 6.33. The highest BCUT2D eigenvalue weighted by Crippen LogP contribution is 2.12. The fraction of sp³-hybridized carbons (Fsp3) is 0.357. The number of nitrogens with one attached hydrogen (secondary N) is 1. The van der Waals surface area contributed by atoms with Gasteiger partial charge >= 0.3 is 0 Å². The molecule has 0 aliphatic heterocycles. The van der Waals surface area contributed by atoms with Crippen molar-refractivity contribution in [1.29, 1.82) is 0 Å². The van der Waals surface area contributed by atoms with Crippen LogP contribution in [0.1, 0.15) is 16.8 Å². The topological polar surface area (TPSA) is 58.1 Å². The molecular weight excluding hydrogens is 240 g/mol. The van der Waals surface area contributed by atoms with Gasteiger partial charge in [-0.15, -0.1) is 0 Å². The number of rotatable bonds is 5. The van der Waals surface area contributed by atoms with Crippen LogP contribution < -0.4 is 5.32 Å². The minimum Gasteiger partial charge on any atom is -0.342 e. The second-order valence-corrected chi connectivity index (χ2v) is 4.44. The van der Waals surface area contributed by atoms with Gasteiger partial charge in [0.2, 0.25) is 0 Å². The minimum absolute atomic E-state index is 0.0173. The van der Waals surface area contributed by atoms with E-state index in [2.05, 4.69) is 15.3 Å². The van der Waals surface area contributed by atoms with E-state index in [0.717, 1.165) is 30.5 Å². The molecule has 0 aliphatic carbocycles. The minimum atomic E-state index is 0.0173. The maximum Gasteiger partial charge on any atom is 0.253 e. The van der Waals surface area contributed by atoms with E-state index in [0.29, 0.717) is 5.56 Å². The van der Waals surface area contributed by atoms with Gasteiger partial charge in [-0.3, -0.25) is 14.8 Å². The first-order valence-corrected chi connectivity index (χ1v) is 6.33. The molecule has 2 rings (SSSR count). The van der Waals surface area contributed by atoms with Crippen molar-refractivity contribution in [1.82, 2.24) is 20.2 Å². The monoisotopic (exact) mass is 258 g/mol. The predicted octanol–water partition coefficient (Wildman–Crippen LogP) is 1.31. The fourth-order valence-corrected chi connectivity index (χ4v) is 1.91. The molecule has 2 aromatic rings. The first-order chi connectivity index (χ1) is 9.22. The average Bonchev–Trinajstić information content (AvgIpc) is 2.46. The van der Waals surface area contributed by atoms with Crippen LogP contribution in [0.5, 0.6) is 0 Å². The lowest BCUT2D eigenvalue weighted by Gasteiger charge is -2.17. The van der Waals surface area contributed by atoms with Gasteiger partial charge in [0.15, 0.2) is 0 Å². The lowest BCUT2D eigenvalue weighted by atomic mass is 10.1. The van der Waals surface area contributed by atoms with Crippen LogP contribution in [-0.2, 0) is 0 Å². The number of carbonyl (C=O) groups excluding carboxylic acids is 1. The van der Waals surface area contributed by atoms with Gasteiger partial charge in [0.25, 0.3) is 5.91 Å². The Morgan fingerprint density at radius 1 is 1.26 bits per heavy atom. The number of benzene rings is 1. The molecular formula is C14H18N4O. The third-order valence-electron chi connectivity index (χ3n) is 2.98. The number of hydrogen-bond acceptors (Lipinski definition) is 4. The maximum absolute atomic E-state index is 12.2. The van der Waals surface area contributed by atoms with Crippen LogP contribution in [0.15, 0.2) is 30.6 Å². The largest absolute Gasteiger partial charge is 0.342 e. The van der Waals surface area contributed by atoms with Gasteiger partial charge in [0, 0.05) is 31.5 Å². The van der Waals surface area contributed by atoms with E-state index >= 15 is 0 Å². The Labute approximate surface area is 112 Å². The van der Waals surface area contributed by atoms with E-state index in [1.807, 2.05) is 20.2 Å². The summed E-state index contributed by atoms with van der Waals surface area (Å²) in [5.74, 6) is 0.0173. The van der Waals surface area contributed by atoms with Crippen LogP contribution in [-0.4, -0.2) is 48.0 Å². The molecule has 1 N–H and O–H groups in total. The molecule has 0 atom stereocenters. The Bertz CT molecular complexity index is 570. The van der Waals surface area contributed by atoms with E-state index in [-0.39, 0.29) is 5.91 Å². The number of fused-ring (bicyclic) bond motifs is 1. The molecule has 0 saturated heterocycles. The molecule has 5 heteroatoms. The van der Waals surface area contributed by atoms with Crippen molar-refractivity contribution in [3.8, 4) is 0 Å². The third-order valence-corrected chi connectivity index (χ3v) is 2.98. The molecule has 1 amide bonds. The molecule has 0 fully saturated rings. The van der Waals surface area contributed by atoms with Crippen molar-refractivity contribution < 1.29 is 4.79 Å². The van der Waals surface area contributed by atoms with Crippen molar-refractivity contribution in [2.75, 3.05) is 27.2 Å². The van der Waals surface area contributed by atoms with Gasteiger partial charge in [-0.1, -0.05) is 0 Å². The van der Waals surface area contributed by atoms with Crippen molar-refractivity contribution in [2.45, 2.75) is 6.42 Å². The van der Waals surface area contributed by atoms with Crippen molar-refractivity contribution in [2.24, 2.45) is 0 Å². The molecule has 100 valence electrons. The Morgan fingerprint density at radius 3 is 2.74 bits per heavy atom. The molecule has 0 saturated carbocycles. The van der Waals surface area contributed by atoms with Gasteiger partial charge in [-0.2, -0.15) is 0 Å². The van der Waals surface area contributed by atoms with E-state index in [9.17, 15) is 4.79 Å². The summed E-state index contributed by atoms with van der Waals surface area (Å²) in [7, 11) is 3.72. The second-order valence-electron chi connectivity index (χ2n) is 4.44. The first kappa shape index (κ1) is 13.4. The molecule has 0 radical (unpaired) electrons. The van der Waals surface area contributed by atoms with Crippen molar-refractivity contribution in [3.63, 3.8) is 0 Å². The van der Waals surface area contributed by atoms with Gasteiger partial charge in [0.05, 0.1) is 11.0 Å². The third kappa shape index (κ3) is 3.26. The Hall–Kier alpha value is -2.01. The van der Waals surface area contributed by atoms with Crippen LogP contribution in [0.4, 0.5) is 0 Å². The zero-order chi connectivity index (χ0) is 13.7. The van der Waals surface area contributed by atoms with Gasteiger partial charge < -0.3 is 10.2 Å². The number of amides is 1. The van der Waals surface area contributed by atoms with Gasteiger partial charge in [-0.05, 0) is 38.2 Å². The second kappa shape index (κ2) is 6.24. The molecule has 0 unspecified atom stereocenters. The van der Waals surface area contributed by atoms with Gasteiger partial charge in [-0.25, -0.2) is 0 Å². The Kier molecular flexibility index (Phi) is 4.41. The van der Waals surface area contributed by atoms with Crippen LogP contribution >= 0.6 is 0 Å². The average molecular weight is 258 g/mol. The summed E-state index contributed by atoms with van der Waals surface area (Å²) in [4.78, 5) is 22.4. The summed E-state index contributed by atoms with van der Waals surface area (Å²) in [5.41, 5.74) is 2.20. The summed E-state index contributed by atoms with van der Waals surface area (Å²) in [5, 5.41) is 3.07. The predicted molar refractivity (Wildman–Crippen MR) is 75.0 cm³/mol. The van der Waals surface area contributed by atoms with E-state index in [1.165, 1.54) is 0 Å². The van der Waals surface area contributed by atoms with Crippen LogP contribution in [0, 0.1) is 0 Å². The number of hydrogen-bond donors (Lipinski definition) is 1. The van der Waals surface area contributed by atoms with E-state index < -0.39 is 0 Å². The lowest BCUT2D eigenvalue weighted by Crippen LogP contribution is -2.29. The normalized spacial score (nSPS) is 10.6. The molecule has 1 aromatic heterocycles. The zero-order valence-corrected chi connectivity index (χ0v) is 11.3.